The lowest BCUT2D eigenvalue weighted by atomic mass is 9.93. The molecule has 4 aromatic rings. The molecule has 1 aliphatic heterocycles. The number of rotatable bonds is 6. The van der Waals surface area contributed by atoms with Crippen molar-refractivity contribution in [3.05, 3.63) is 89.0 Å². The molecule has 0 saturated heterocycles. The second kappa shape index (κ2) is 9.88. The van der Waals surface area contributed by atoms with Crippen molar-refractivity contribution in [1.29, 1.82) is 0 Å². The molecule has 2 aromatic carbocycles. The number of ether oxygens (including phenoxy) is 3. The van der Waals surface area contributed by atoms with E-state index >= 15 is 0 Å². The summed E-state index contributed by atoms with van der Waals surface area (Å²) in [6, 6.07) is 14.1. The Morgan fingerprint density at radius 3 is 2.68 bits per heavy atom. The van der Waals surface area contributed by atoms with Gasteiger partial charge in [0.05, 0.1) is 23.3 Å². The molecule has 0 fully saturated rings. The summed E-state index contributed by atoms with van der Waals surface area (Å²) in [6.07, 6.45) is -0.316. The number of hydrogen-bond donors (Lipinski definition) is 1. The van der Waals surface area contributed by atoms with E-state index in [4.69, 9.17) is 14.9 Å². The minimum atomic E-state index is -3.75. The van der Waals surface area contributed by atoms with Crippen LogP contribution in [-0.4, -0.2) is 45.1 Å². The van der Waals surface area contributed by atoms with Crippen LogP contribution in [0.4, 0.5) is 14.5 Å². The standard InChI is InChI=1S/C29H24F2N4O6/c1-16-21-7-4-8-24(39-20-10-11-22(28(37)38)32-15-20)26(21)35(33-16)19-6-3-5-17(13-19)27(36)34(2)18-9-12-23-25(14-18)41-29(30,31)40-23/h3,5-6,9-15,24H,4,7-8H2,1-2H3,(H,37,38). The fourth-order valence-electron chi connectivity index (χ4n) is 5.10. The molecule has 2 aromatic heterocycles. The van der Waals surface area contributed by atoms with Gasteiger partial charge in [-0.2, -0.15) is 5.10 Å². The molecule has 3 heterocycles. The van der Waals surface area contributed by atoms with E-state index in [0.29, 0.717) is 29.1 Å². The number of alkyl halides is 2. The van der Waals surface area contributed by atoms with Crippen molar-refractivity contribution in [2.45, 2.75) is 38.6 Å². The van der Waals surface area contributed by atoms with E-state index in [1.54, 1.807) is 28.9 Å². The number of carbonyl (C=O) groups excluding carboxylic acids is 1. The highest BCUT2D eigenvalue weighted by molar-refractivity contribution is 6.06. The van der Waals surface area contributed by atoms with E-state index in [-0.39, 0.29) is 29.2 Å². The molecular formula is C29H24F2N4O6. The summed E-state index contributed by atoms with van der Waals surface area (Å²) in [5.41, 5.74) is 4.04. The molecule has 1 amide bonds. The summed E-state index contributed by atoms with van der Waals surface area (Å²) in [4.78, 5) is 29.9. The number of aromatic nitrogens is 3. The number of carbonyl (C=O) groups is 2. The van der Waals surface area contributed by atoms with Gasteiger partial charge in [0.2, 0.25) is 0 Å². The van der Waals surface area contributed by atoms with Crippen LogP contribution in [0.5, 0.6) is 17.2 Å². The van der Waals surface area contributed by atoms with E-state index in [1.165, 1.54) is 42.4 Å². The van der Waals surface area contributed by atoms with Crippen LogP contribution in [0.1, 0.15) is 56.7 Å². The normalized spacial score (nSPS) is 16.6. The molecule has 0 radical (unpaired) electrons. The highest BCUT2D eigenvalue weighted by Gasteiger charge is 2.43. The zero-order valence-electron chi connectivity index (χ0n) is 22.0. The van der Waals surface area contributed by atoms with Crippen molar-refractivity contribution >= 4 is 17.6 Å². The summed E-state index contributed by atoms with van der Waals surface area (Å²) in [5, 5.41) is 13.9. The third kappa shape index (κ3) is 4.92. The lowest BCUT2D eigenvalue weighted by Crippen LogP contribution is -2.26. The molecule has 2 aliphatic rings. The molecule has 1 aliphatic carbocycles. The topological polar surface area (TPSA) is 116 Å². The number of pyridine rings is 1. The fraction of sp³-hybridized carbons (Fsp3) is 0.241. The Kier molecular flexibility index (Phi) is 6.32. The smallest absolute Gasteiger partial charge is 0.482 e. The van der Waals surface area contributed by atoms with Gasteiger partial charge in [-0.05, 0) is 68.7 Å². The zero-order valence-corrected chi connectivity index (χ0v) is 22.0. The van der Waals surface area contributed by atoms with Crippen LogP contribution < -0.4 is 19.1 Å². The van der Waals surface area contributed by atoms with Crippen molar-refractivity contribution in [3.63, 3.8) is 0 Å². The van der Waals surface area contributed by atoms with Crippen LogP contribution in [0.15, 0.2) is 60.8 Å². The average molecular weight is 563 g/mol. The van der Waals surface area contributed by atoms with Gasteiger partial charge in [0, 0.05) is 29.9 Å². The number of carboxylic acids is 1. The maximum absolute atomic E-state index is 13.4. The number of nitrogens with zero attached hydrogens (tertiary/aromatic N) is 4. The Bertz CT molecular complexity index is 1670. The van der Waals surface area contributed by atoms with Gasteiger partial charge < -0.3 is 24.2 Å². The Morgan fingerprint density at radius 1 is 1.12 bits per heavy atom. The molecule has 6 rings (SSSR count). The lowest BCUT2D eigenvalue weighted by molar-refractivity contribution is -0.286. The Hall–Kier alpha value is -5.00. The van der Waals surface area contributed by atoms with Crippen molar-refractivity contribution in [2.24, 2.45) is 0 Å². The third-order valence-electron chi connectivity index (χ3n) is 7.07. The molecule has 10 nitrogen and oxygen atoms in total. The van der Waals surface area contributed by atoms with Crippen molar-refractivity contribution in [3.8, 4) is 22.9 Å². The summed E-state index contributed by atoms with van der Waals surface area (Å²) >= 11 is 0. The zero-order chi connectivity index (χ0) is 28.9. The molecule has 0 saturated carbocycles. The first-order chi connectivity index (χ1) is 19.6. The van der Waals surface area contributed by atoms with Gasteiger partial charge in [-0.3, -0.25) is 4.79 Å². The van der Waals surface area contributed by atoms with E-state index in [2.05, 4.69) is 14.5 Å². The van der Waals surface area contributed by atoms with Crippen LogP contribution >= 0.6 is 0 Å². The molecule has 1 unspecified atom stereocenters. The Balaban J connectivity index is 1.29. The number of halogens is 2. The number of amides is 1. The number of fused-ring (bicyclic) bond motifs is 2. The van der Waals surface area contributed by atoms with Gasteiger partial charge in [-0.1, -0.05) is 6.07 Å². The van der Waals surface area contributed by atoms with Crippen LogP contribution in [0.25, 0.3) is 5.69 Å². The maximum Gasteiger partial charge on any atom is 0.586 e. The number of anilines is 1. The monoisotopic (exact) mass is 562 g/mol. The first-order valence-corrected chi connectivity index (χ1v) is 12.8. The maximum atomic E-state index is 13.4. The van der Waals surface area contributed by atoms with Gasteiger partial charge >= 0.3 is 12.3 Å². The third-order valence-corrected chi connectivity index (χ3v) is 7.07. The van der Waals surface area contributed by atoms with Gasteiger partial charge in [0.1, 0.15) is 17.5 Å². The molecule has 1 N–H and O–H groups in total. The Morgan fingerprint density at radius 2 is 1.93 bits per heavy atom. The predicted octanol–water partition coefficient (Wildman–Crippen LogP) is 5.33. The molecule has 12 heteroatoms. The van der Waals surface area contributed by atoms with Crippen LogP contribution in [-0.2, 0) is 6.42 Å². The minimum absolute atomic E-state index is 0.0762. The molecule has 0 bridgehead atoms. The largest absolute Gasteiger partial charge is 0.586 e. The number of aryl methyl sites for hydroxylation is 1. The van der Waals surface area contributed by atoms with Gasteiger partial charge in [-0.15, -0.1) is 8.78 Å². The average Bonchev–Trinajstić information content (AvgIpc) is 3.47. The van der Waals surface area contributed by atoms with Crippen LogP contribution in [0, 0.1) is 6.92 Å². The van der Waals surface area contributed by atoms with Crippen molar-refractivity contribution in [2.75, 3.05) is 11.9 Å². The second-order valence-electron chi connectivity index (χ2n) is 9.76. The molecule has 1 atom stereocenters. The molecule has 0 spiro atoms. The SMILES string of the molecule is Cc1nn(-c2cccc(C(=O)N(C)c3ccc4c(c3)OC(F)(F)O4)c2)c2c1CCCC2Oc1ccc(C(=O)O)nc1. The Labute approximate surface area is 232 Å². The number of benzene rings is 2. The molecule has 210 valence electrons. The second-order valence-corrected chi connectivity index (χ2v) is 9.76. The van der Waals surface area contributed by atoms with Crippen LogP contribution in [0.3, 0.4) is 0 Å². The first-order valence-electron chi connectivity index (χ1n) is 12.8. The van der Waals surface area contributed by atoms with Crippen LogP contribution in [0.2, 0.25) is 0 Å². The highest BCUT2D eigenvalue weighted by Crippen LogP contribution is 2.43. The predicted molar refractivity (Wildman–Crippen MR) is 141 cm³/mol. The first kappa shape index (κ1) is 26.2. The summed E-state index contributed by atoms with van der Waals surface area (Å²) in [7, 11) is 1.54. The quantitative estimate of drug-likeness (QED) is 0.335. The highest BCUT2D eigenvalue weighted by atomic mass is 19.3. The molecular weight excluding hydrogens is 538 g/mol. The lowest BCUT2D eigenvalue weighted by Gasteiger charge is -2.25. The van der Waals surface area contributed by atoms with Gasteiger partial charge in [0.15, 0.2) is 11.5 Å². The van der Waals surface area contributed by atoms with E-state index in [9.17, 15) is 18.4 Å². The van der Waals surface area contributed by atoms with E-state index in [1.807, 2.05) is 13.0 Å². The van der Waals surface area contributed by atoms with Crippen molar-refractivity contribution < 1.29 is 37.7 Å². The number of aromatic carboxylic acids is 1. The van der Waals surface area contributed by atoms with E-state index < -0.39 is 12.3 Å². The summed E-state index contributed by atoms with van der Waals surface area (Å²) < 4.78 is 43.9. The number of carboxylic acid groups (broad SMARTS) is 1. The van der Waals surface area contributed by atoms with Gasteiger partial charge in [-0.25, -0.2) is 14.5 Å². The van der Waals surface area contributed by atoms with E-state index in [0.717, 1.165) is 29.8 Å². The van der Waals surface area contributed by atoms with Crippen molar-refractivity contribution in [1.82, 2.24) is 14.8 Å². The molecule has 41 heavy (non-hydrogen) atoms. The van der Waals surface area contributed by atoms with Gasteiger partial charge in [0.25, 0.3) is 5.91 Å². The fourth-order valence-corrected chi connectivity index (χ4v) is 5.10. The number of hydrogen-bond acceptors (Lipinski definition) is 7. The summed E-state index contributed by atoms with van der Waals surface area (Å²) in [6.45, 7) is 1.92. The summed E-state index contributed by atoms with van der Waals surface area (Å²) in [5.74, 6) is -1.31. The minimum Gasteiger partial charge on any atom is -0.482 e.